The van der Waals surface area contributed by atoms with Crippen LogP contribution in [0.5, 0.6) is 0 Å². The summed E-state index contributed by atoms with van der Waals surface area (Å²) < 4.78 is 0. The predicted octanol–water partition coefficient (Wildman–Crippen LogP) is 0.666. The molecule has 4 N–H and O–H groups in total. The number of nitrogens with one attached hydrogen (secondary N) is 2. The van der Waals surface area contributed by atoms with E-state index < -0.39 is 0 Å². The lowest BCUT2D eigenvalue weighted by Crippen LogP contribution is -2.30. The molecule has 0 radical (unpaired) electrons. The molecule has 0 aliphatic heterocycles. The lowest BCUT2D eigenvalue weighted by atomic mass is 10.1. The van der Waals surface area contributed by atoms with Crippen LogP contribution in [0.1, 0.15) is 29.7 Å². The molecule has 1 saturated carbocycles. The fourth-order valence-electron chi connectivity index (χ4n) is 1.89. The van der Waals surface area contributed by atoms with E-state index in [-0.39, 0.29) is 11.8 Å². The third kappa shape index (κ3) is 3.41. The van der Waals surface area contributed by atoms with Gasteiger partial charge in [-0.15, -0.1) is 5.10 Å². The van der Waals surface area contributed by atoms with Gasteiger partial charge in [0.2, 0.25) is 5.91 Å². The van der Waals surface area contributed by atoms with E-state index in [0.717, 1.165) is 29.7 Å². The van der Waals surface area contributed by atoms with Crippen LogP contribution in [0, 0.1) is 19.8 Å². The Hall–Kier alpha value is -1.76. The van der Waals surface area contributed by atoms with Crippen molar-refractivity contribution < 1.29 is 4.79 Å². The molecule has 0 saturated heterocycles. The van der Waals surface area contributed by atoms with Gasteiger partial charge in [0.1, 0.15) is 4.99 Å². The van der Waals surface area contributed by atoms with Crippen molar-refractivity contribution in [3.63, 3.8) is 0 Å². The Bertz CT molecular complexity index is 542. The Kier molecular flexibility index (Phi) is 4.49. The molecule has 2 rings (SSSR count). The van der Waals surface area contributed by atoms with Crippen molar-refractivity contribution in [3.05, 3.63) is 16.8 Å². The van der Waals surface area contributed by atoms with Crippen LogP contribution in [0.2, 0.25) is 0 Å². The SMILES string of the molecule is Cc1nnc(NCCNC(=O)C2CC2)c(C(N)=S)c1C. The number of thiocarbonyl (C=S) groups is 1. The second-order valence-electron chi connectivity index (χ2n) is 4.99. The Balaban J connectivity index is 1.93. The summed E-state index contributed by atoms with van der Waals surface area (Å²) in [7, 11) is 0. The van der Waals surface area contributed by atoms with E-state index in [1.807, 2.05) is 13.8 Å². The van der Waals surface area contributed by atoms with Crippen LogP contribution in [-0.4, -0.2) is 34.2 Å². The van der Waals surface area contributed by atoms with Crippen molar-refractivity contribution in [2.24, 2.45) is 11.7 Å². The first-order valence-corrected chi connectivity index (χ1v) is 7.06. The maximum atomic E-state index is 11.5. The van der Waals surface area contributed by atoms with E-state index in [2.05, 4.69) is 20.8 Å². The molecule has 1 fully saturated rings. The minimum absolute atomic E-state index is 0.132. The summed E-state index contributed by atoms with van der Waals surface area (Å²) in [6.07, 6.45) is 2.01. The zero-order valence-electron chi connectivity index (χ0n) is 11.7. The molecular formula is C13H19N5OS. The number of aromatic nitrogens is 2. The third-order valence-electron chi connectivity index (χ3n) is 3.37. The summed E-state index contributed by atoms with van der Waals surface area (Å²) >= 11 is 5.06. The molecule has 1 aliphatic carbocycles. The van der Waals surface area contributed by atoms with Gasteiger partial charge >= 0.3 is 0 Å². The first-order chi connectivity index (χ1) is 9.50. The summed E-state index contributed by atoms with van der Waals surface area (Å²) in [4.78, 5) is 11.8. The van der Waals surface area contributed by atoms with Gasteiger partial charge < -0.3 is 16.4 Å². The van der Waals surface area contributed by atoms with E-state index in [1.54, 1.807) is 0 Å². The minimum atomic E-state index is 0.132. The zero-order chi connectivity index (χ0) is 14.7. The second kappa shape index (κ2) is 6.13. The monoisotopic (exact) mass is 293 g/mol. The van der Waals surface area contributed by atoms with E-state index in [1.165, 1.54) is 0 Å². The smallest absolute Gasteiger partial charge is 0.223 e. The number of rotatable bonds is 6. The number of nitrogens with two attached hydrogens (primary N) is 1. The maximum Gasteiger partial charge on any atom is 0.223 e. The number of aryl methyl sites for hydroxylation is 1. The van der Waals surface area contributed by atoms with Crippen LogP contribution in [0.25, 0.3) is 0 Å². The molecule has 1 aliphatic rings. The molecule has 0 aromatic carbocycles. The van der Waals surface area contributed by atoms with Gasteiger partial charge in [0.05, 0.1) is 11.3 Å². The standard InChI is InChI=1S/C13H19N5OS/c1-7-8(2)17-18-12(10(7)11(14)20)15-5-6-16-13(19)9-3-4-9/h9H,3-6H2,1-2H3,(H2,14,20)(H,15,18)(H,16,19). The van der Waals surface area contributed by atoms with Gasteiger partial charge in [-0.1, -0.05) is 12.2 Å². The first-order valence-electron chi connectivity index (χ1n) is 6.66. The second-order valence-corrected chi connectivity index (χ2v) is 5.43. The lowest BCUT2D eigenvalue weighted by molar-refractivity contribution is -0.122. The number of carbonyl (C=O) groups excluding carboxylic acids is 1. The summed E-state index contributed by atoms with van der Waals surface area (Å²) in [5.74, 6) is 0.928. The highest BCUT2D eigenvalue weighted by Gasteiger charge is 2.29. The van der Waals surface area contributed by atoms with Gasteiger partial charge in [0.15, 0.2) is 5.82 Å². The molecule has 1 heterocycles. The molecule has 0 atom stereocenters. The van der Waals surface area contributed by atoms with Crippen LogP contribution in [-0.2, 0) is 4.79 Å². The highest BCUT2D eigenvalue weighted by Crippen LogP contribution is 2.28. The van der Waals surface area contributed by atoms with Crippen molar-refractivity contribution in [1.29, 1.82) is 0 Å². The molecule has 1 aromatic rings. The fourth-order valence-corrected chi connectivity index (χ4v) is 2.14. The van der Waals surface area contributed by atoms with Crippen molar-refractivity contribution in [1.82, 2.24) is 15.5 Å². The Morgan fingerprint density at radius 2 is 2.05 bits per heavy atom. The number of anilines is 1. The van der Waals surface area contributed by atoms with Gasteiger partial charge in [-0.25, -0.2) is 0 Å². The summed E-state index contributed by atoms with van der Waals surface area (Å²) in [6, 6.07) is 0. The molecule has 108 valence electrons. The third-order valence-corrected chi connectivity index (χ3v) is 3.57. The normalized spacial score (nSPS) is 13.9. The topological polar surface area (TPSA) is 92.9 Å². The Morgan fingerprint density at radius 3 is 2.65 bits per heavy atom. The van der Waals surface area contributed by atoms with Crippen molar-refractivity contribution >= 4 is 28.9 Å². The quantitative estimate of drug-likeness (QED) is 0.527. The average Bonchev–Trinajstić information content (AvgIpc) is 3.22. The van der Waals surface area contributed by atoms with Gasteiger partial charge in [-0.3, -0.25) is 4.79 Å². The number of nitrogens with zero attached hydrogens (tertiary/aromatic N) is 2. The fraction of sp³-hybridized carbons (Fsp3) is 0.538. The zero-order valence-corrected chi connectivity index (χ0v) is 12.5. The molecule has 1 amide bonds. The Labute approximate surface area is 123 Å². The van der Waals surface area contributed by atoms with Crippen molar-refractivity contribution in [2.45, 2.75) is 26.7 Å². The Morgan fingerprint density at radius 1 is 1.35 bits per heavy atom. The van der Waals surface area contributed by atoms with Gasteiger partial charge in [0, 0.05) is 19.0 Å². The highest BCUT2D eigenvalue weighted by atomic mass is 32.1. The van der Waals surface area contributed by atoms with Gasteiger partial charge in [0.25, 0.3) is 0 Å². The maximum absolute atomic E-state index is 11.5. The number of carbonyl (C=O) groups is 1. The molecule has 0 spiro atoms. The molecule has 7 heteroatoms. The lowest BCUT2D eigenvalue weighted by Gasteiger charge is -2.13. The molecule has 20 heavy (non-hydrogen) atoms. The summed E-state index contributed by atoms with van der Waals surface area (Å²) in [6.45, 7) is 4.88. The highest BCUT2D eigenvalue weighted by molar-refractivity contribution is 7.80. The molecule has 1 aromatic heterocycles. The van der Waals surface area contributed by atoms with Crippen LogP contribution in [0.3, 0.4) is 0 Å². The average molecular weight is 293 g/mol. The van der Waals surface area contributed by atoms with Crippen LogP contribution < -0.4 is 16.4 Å². The minimum Gasteiger partial charge on any atom is -0.389 e. The van der Waals surface area contributed by atoms with E-state index in [0.29, 0.717) is 23.9 Å². The largest absolute Gasteiger partial charge is 0.389 e. The van der Waals surface area contributed by atoms with E-state index >= 15 is 0 Å². The summed E-state index contributed by atoms with van der Waals surface area (Å²) in [5.41, 5.74) is 8.20. The van der Waals surface area contributed by atoms with Crippen molar-refractivity contribution in [3.8, 4) is 0 Å². The van der Waals surface area contributed by atoms with Gasteiger partial charge in [-0.2, -0.15) is 5.10 Å². The first kappa shape index (κ1) is 14.6. The van der Waals surface area contributed by atoms with E-state index in [4.69, 9.17) is 18.0 Å². The predicted molar refractivity (Wildman–Crippen MR) is 81.6 cm³/mol. The summed E-state index contributed by atoms with van der Waals surface area (Å²) in [5, 5.41) is 14.1. The number of hydrogen-bond donors (Lipinski definition) is 3. The van der Waals surface area contributed by atoms with Crippen LogP contribution >= 0.6 is 12.2 Å². The van der Waals surface area contributed by atoms with Crippen molar-refractivity contribution in [2.75, 3.05) is 18.4 Å². The van der Waals surface area contributed by atoms with E-state index in [9.17, 15) is 4.79 Å². The number of amides is 1. The molecule has 0 unspecified atom stereocenters. The number of hydrogen-bond acceptors (Lipinski definition) is 5. The molecular weight excluding hydrogens is 274 g/mol. The molecule has 6 nitrogen and oxygen atoms in total. The van der Waals surface area contributed by atoms with Gasteiger partial charge in [-0.05, 0) is 32.3 Å². The van der Waals surface area contributed by atoms with Crippen LogP contribution in [0.4, 0.5) is 5.82 Å². The van der Waals surface area contributed by atoms with Crippen LogP contribution in [0.15, 0.2) is 0 Å². The molecule has 0 bridgehead atoms.